The monoisotopic (exact) mass is 445 g/mol. The van der Waals surface area contributed by atoms with Crippen LogP contribution in [-0.2, 0) is 4.79 Å². The smallest absolute Gasteiger partial charge is 0.280 e. The van der Waals surface area contributed by atoms with Crippen molar-refractivity contribution in [1.29, 1.82) is 0 Å². The van der Waals surface area contributed by atoms with E-state index in [1.807, 2.05) is 29.2 Å². The number of rotatable bonds is 5. The topological polar surface area (TPSA) is 63.6 Å². The molecule has 0 N–H and O–H groups in total. The minimum atomic E-state index is -0.155. The van der Waals surface area contributed by atoms with Crippen molar-refractivity contribution >= 4 is 46.2 Å². The summed E-state index contributed by atoms with van der Waals surface area (Å²) in [5.74, 6) is 2.40. The number of hydrogen-bond donors (Lipinski definition) is 0. The Morgan fingerprint density at radius 2 is 1.77 bits per heavy atom. The summed E-state index contributed by atoms with van der Waals surface area (Å²) in [5.41, 5.74) is 2.02. The molecular weight excluding hydrogens is 426 g/mol. The lowest BCUT2D eigenvalue weighted by atomic mass is 10.1. The number of anilines is 1. The summed E-state index contributed by atoms with van der Waals surface area (Å²) in [6, 6.07) is 10.9. The number of methoxy groups -OCH3 is 3. The summed E-state index contributed by atoms with van der Waals surface area (Å²) in [5, 5.41) is 1.29. The number of nitrogens with zero attached hydrogens (tertiary/aromatic N) is 3. The zero-order valence-corrected chi connectivity index (χ0v) is 18.3. The van der Waals surface area contributed by atoms with Gasteiger partial charge in [-0.25, -0.2) is 4.99 Å². The van der Waals surface area contributed by atoms with E-state index < -0.39 is 0 Å². The number of ether oxygens (including phenoxy) is 3. The first-order valence-electron chi connectivity index (χ1n) is 9.09. The van der Waals surface area contributed by atoms with Crippen LogP contribution in [0.4, 0.5) is 5.69 Å². The van der Waals surface area contributed by atoms with E-state index >= 15 is 0 Å². The average Bonchev–Trinajstić information content (AvgIpc) is 3.08. The maximum atomic E-state index is 13.0. The lowest BCUT2D eigenvalue weighted by Gasteiger charge is -2.34. The Balaban J connectivity index is 1.58. The van der Waals surface area contributed by atoms with Crippen LogP contribution in [-0.4, -0.2) is 49.8 Å². The zero-order chi connectivity index (χ0) is 21.3. The van der Waals surface area contributed by atoms with Gasteiger partial charge in [-0.15, -0.1) is 0 Å². The maximum Gasteiger partial charge on any atom is 0.280 e. The summed E-state index contributed by atoms with van der Waals surface area (Å²) in [7, 11) is 4.77. The Bertz CT molecular complexity index is 1060. The molecule has 0 saturated carbocycles. The van der Waals surface area contributed by atoms with Crippen LogP contribution >= 0.6 is 23.4 Å². The van der Waals surface area contributed by atoms with Crippen molar-refractivity contribution in [3.63, 3.8) is 0 Å². The number of benzene rings is 2. The number of carbonyl (C=O) groups is 1. The van der Waals surface area contributed by atoms with Crippen LogP contribution in [0, 0.1) is 0 Å². The van der Waals surface area contributed by atoms with E-state index in [0.717, 1.165) is 11.3 Å². The van der Waals surface area contributed by atoms with Gasteiger partial charge >= 0.3 is 0 Å². The van der Waals surface area contributed by atoms with Crippen LogP contribution in [0.2, 0.25) is 5.02 Å². The molecule has 30 heavy (non-hydrogen) atoms. The van der Waals surface area contributed by atoms with E-state index in [2.05, 4.69) is 4.99 Å². The van der Waals surface area contributed by atoms with Crippen molar-refractivity contribution in [2.75, 3.05) is 38.8 Å². The number of hydrogen-bond acceptors (Lipinski definition) is 7. The molecule has 0 bridgehead atoms. The molecule has 9 heteroatoms. The Hall–Kier alpha value is -2.84. The maximum absolute atomic E-state index is 13.0. The van der Waals surface area contributed by atoms with Crippen LogP contribution in [0.3, 0.4) is 0 Å². The number of carbonyl (C=O) groups excluding carboxylic acids is 1. The third kappa shape index (κ3) is 3.80. The van der Waals surface area contributed by atoms with Gasteiger partial charge in [-0.1, -0.05) is 29.4 Å². The van der Waals surface area contributed by atoms with Gasteiger partial charge in [-0.05, 0) is 42.0 Å². The van der Waals surface area contributed by atoms with Gasteiger partial charge < -0.3 is 19.1 Å². The Morgan fingerprint density at radius 1 is 1.03 bits per heavy atom. The van der Waals surface area contributed by atoms with Gasteiger partial charge in [0, 0.05) is 5.02 Å². The van der Waals surface area contributed by atoms with Gasteiger partial charge in [-0.3, -0.25) is 9.69 Å². The third-order valence-electron chi connectivity index (χ3n) is 4.77. The molecule has 2 aliphatic heterocycles. The van der Waals surface area contributed by atoms with Gasteiger partial charge in [0.2, 0.25) is 0 Å². The van der Waals surface area contributed by atoms with Crippen LogP contribution in [0.5, 0.6) is 17.2 Å². The second kappa shape index (κ2) is 8.49. The van der Waals surface area contributed by atoms with Crippen molar-refractivity contribution < 1.29 is 19.0 Å². The molecule has 0 radical (unpaired) electrons. The van der Waals surface area contributed by atoms with Gasteiger partial charge in [0.05, 0.1) is 32.9 Å². The molecule has 0 unspecified atom stereocenters. The second-order valence-corrected chi connectivity index (χ2v) is 7.89. The van der Waals surface area contributed by atoms with Crippen LogP contribution in [0.15, 0.2) is 47.1 Å². The fourth-order valence-corrected chi connectivity index (χ4v) is 4.39. The standard InChI is InChI=1S/C21H20ClN3O4S/c1-27-17-7-5-14(22)10-16(17)24-11-25-20(26)15(23-21(25)30-12-24)8-13-4-6-18(28-2)19(9-13)29-3/h4-10H,11-12H2,1-3H3/b15-8-. The summed E-state index contributed by atoms with van der Waals surface area (Å²) < 4.78 is 16.1. The van der Waals surface area contributed by atoms with Gasteiger partial charge in [-0.2, -0.15) is 0 Å². The Labute approximate surface area is 183 Å². The number of thioether (sulfide) groups is 1. The van der Waals surface area contributed by atoms with Crippen LogP contribution < -0.4 is 19.1 Å². The summed E-state index contributed by atoms with van der Waals surface area (Å²) in [6.45, 7) is 0.366. The quantitative estimate of drug-likeness (QED) is 0.646. The minimum Gasteiger partial charge on any atom is -0.495 e. The largest absolute Gasteiger partial charge is 0.495 e. The minimum absolute atomic E-state index is 0.155. The molecule has 2 aromatic rings. The lowest BCUT2D eigenvalue weighted by Crippen LogP contribution is -2.46. The number of amidine groups is 1. The SMILES string of the molecule is COc1ccc(/C=C2\N=C3SCN(c4cc(Cl)ccc4OC)CN3C2=O)cc1OC. The highest BCUT2D eigenvalue weighted by atomic mass is 35.5. The van der Waals surface area contributed by atoms with Crippen molar-refractivity contribution in [1.82, 2.24) is 4.90 Å². The average molecular weight is 446 g/mol. The highest BCUT2D eigenvalue weighted by Crippen LogP contribution is 2.37. The molecule has 0 aliphatic carbocycles. The molecule has 0 aromatic heterocycles. The molecule has 1 amide bonds. The fraction of sp³-hybridized carbons (Fsp3) is 0.238. The molecule has 2 heterocycles. The molecule has 2 aliphatic rings. The first kappa shape index (κ1) is 20.4. The number of amides is 1. The summed E-state index contributed by atoms with van der Waals surface area (Å²) in [4.78, 5) is 21.2. The molecule has 1 saturated heterocycles. The molecule has 156 valence electrons. The first-order chi connectivity index (χ1) is 14.5. The van der Waals surface area contributed by atoms with E-state index in [1.165, 1.54) is 11.8 Å². The molecular formula is C21H20ClN3O4S. The van der Waals surface area contributed by atoms with Crippen molar-refractivity contribution in [3.05, 3.63) is 52.7 Å². The normalized spacial score (nSPS) is 17.1. The summed E-state index contributed by atoms with van der Waals surface area (Å²) in [6.07, 6.45) is 1.75. The highest BCUT2D eigenvalue weighted by Gasteiger charge is 2.36. The van der Waals surface area contributed by atoms with E-state index in [0.29, 0.717) is 45.7 Å². The number of halogens is 1. The van der Waals surface area contributed by atoms with Gasteiger partial charge in [0.1, 0.15) is 18.1 Å². The van der Waals surface area contributed by atoms with E-state index in [-0.39, 0.29) is 5.91 Å². The van der Waals surface area contributed by atoms with E-state index in [9.17, 15) is 4.79 Å². The lowest BCUT2D eigenvalue weighted by molar-refractivity contribution is -0.122. The zero-order valence-electron chi connectivity index (χ0n) is 16.7. The van der Waals surface area contributed by atoms with Crippen LogP contribution in [0.1, 0.15) is 5.56 Å². The molecule has 7 nitrogen and oxygen atoms in total. The molecule has 1 fully saturated rings. The molecule has 0 spiro atoms. The van der Waals surface area contributed by atoms with Gasteiger partial charge in [0.15, 0.2) is 16.7 Å². The second-order valence-electron chi connectivity index (χ2n) is 6.54. The number of aliphatic imine (C=N–C) groups is 1. The third-order valence-corrected chi connectivity index (χ3v) is 6.01. The van der Waals surface area contributed by atoms with Crippen LogP contribution in [0.25, 0.3) is 6.08 Å². The van der Waals surface area contributed by atoms with E-state index in [1.54, 1.807) is 44.4 Å². The van der Waals surface area contributed by atoms with Crippen molar-refractivity contribution in [2.45, 2.75) is 0 Å². The van der Waals surface area contributed by atoms with Crippen molar-refractivity contribution in [3.8, 4) is 17.2 Å². The number of fused-ring (bicyclic) bond motifs is 1. The van der Waals surface area contributed by atoms with Gasteiger partial charge in [0.25, 0.3) is 5.91 Å². The predicted octanol–water partition coefficient (Wildman–Crippen LogP) is 4.07. The fourth-order valence-electron chi connectivity index (χ4n) is 3.27. The predicted molar refractivity (Wildman–Crippen MR) is 120 cm³/mol. The summed E-state index contributed by atoms with van der Waals surface area (Å²) >= 11 is 7.66. The molecule has 0 atom stereocenters. The highest BCUT2D eigenvalue weighted by molar-refractivity contribution is 8.14. The first-order valence-corrected chi connectivity index (χ1v) is 10.5. The van der Waals surface area contributed by atoms with Crippen molar-refractivity contribution in [2.24, 2.45) is 4.99 Å². The Morgan fingerprint density at radius 3 is 2.50 bits per heavy atom. The Kier molecular flexibility index (Phi) is 5.78. The molecule has 4 rings (SSSR count). The van der Waals surface area contributed by atoms with E-state index in [4.69, 9.17) is 25.8 Å². The molecule has 2 aromatic carbocycles.